The van der Waals surface area contributed by atoms with Gasteiger partial charge in [0, 0.05) is 28.3 Å². The van der Waals surface area contributed by atoms with E-state index in [2.05, 4.69) is 30.6 Å². The Labute approximate surface area is 252 Å². The summed E-state index contributed by atoms with van der Waals surface area (Å²) in [6.45, 7) is 4.86. The van der Waals surface area contributed by atoms with Crippen molar-refractivity contribution < 1.29 is 19.1 Å². The molecule has 1 spiro atoms. The smallest absolute Gasteiger partial charge is 0.246 e. The van der Waals surface area contributed by atoms with E-state index in [9.17, 15) is 14.4 Å². The lowest BCUT2D eigenvalue weighted by molar-refractivity contribution is -0.141. The van der Waals surface area contributed by atoms with Crippen LogP contribution in [0, 0.1) is 23.7 Å². The molecule has 0 aromatic heterocycles. The molecule has 2 saturated heterocycles. The van der Waals surface area contributed by atoms with Gasteiger partial charge in [0.1, 0.15) is 11.6 Å². The second-order valence-electron chi connectivity index (χ2n) is 12.6. The van der Waals surface area contributed by atoms with Crippen LogP contribution in [0.25, 0.3) is 0 Å². The van der Waals surface area contributed by atoms with E-state index < -0.39 is 29.6 Å². The van der Waals surface area contributed by atoms with Crippen LogP contribution in [-0.4, -0.2) is 53.0 Å². The minimum atomic E-state index is -1.18. The van der Waals surface area contributed by atoms with Crippen molar-refractivity contribution in [1.29, 1.82) is 0 Å². The molecule has 8 atom stereocenters. The summed E-state index contributed by atoms with van der Waals surface area (Å²) in [4.78, 5) is 43.8. The summed E-state index contributed by atoms with van der Waals surface area (Å²) in [5.41, 5.74) is 0.611. The number of hydrogen-bond donors (Lipinski definition) is 2. The first kappa shape index (κ1) is 28.8. The minimum absolute atomic E-state index is 0.0500. The van der Waals surface area contributed by atoms with Gasteiger partial charge in [0.15, 0.2) is 0 Å². The number of carbonyl (C=O) groups excluding carboxylic acids is 3. The third kappa shape index (κ3) is 5.23. The summed E-state index contributed by atoms with van der Waals surface area (Å²) in [6.07, 6.45) is 13.7. The number of nitrogens with one attached hydrogen (secondary N) is 2. The van der Waals surface area contributed by atoms with Crippen LogP contribution in [0.5, 0.6) is 0 Å². The highest BCUT2D eigenvalue weighted by molar-refractivity contribution is 6.35. The number of ether oxygens (including phenoxy) is 1. The Bertz CT molecular complexity index is 1280. The van der Waals surface area contributed by atoms with Crippen molar-refractivity contribution in [3.8, 4) is 0 Å². The maximum absolute atomic E-state index is 14.2. The zero-order chi connectivity index (χ0) is 28.9. The molecule has 3 amide bonds. The number of anilines is 1. The standard InChI is InChI=1S/C32H39Cl2N3O4/c1-18-7-6-10-24(19(18)2)36-30(39)28-32-13-11-25(41-32)26(29(38)35-23-16-21(33)15-22(34)17-23)27(32)31(40)37(28)14-12-20-8-4-3-5-9-20/h8,11,13,15-19,24-28H,3-7,9-10,12,14H2,1-2H3,(H,35,38)(H,36,39)/t18?,19?,24?,25-,26?,27-,28?,32?/m0/s1. The van der Waals surface area contributed by atoms with Crippen LogP contribution in [0.1, 0.15) is 65.2 Å². The minimum Gasteiger partial charge on any atom is -0.359 e. The number of allylic oxidation sites excluding steroid dienone is 1. The monoisotopic (exact) mass is 599 g/mol. The highest BCUT2D eigenvalue weighted by Crippen LogP contribution is 2.55. The average molecular weight is 601 g/mol. The molecule has 3 aliphatic heterocycles. The van der Waals surface area contributed by atoms with Crippen molar-refractivity contribution in [2.45, 2.75) is 89.0 Å². The van der Waals surface area contributed by atoms with Crippen molar-refractivity contribution in [3.05, 3.63) is 52.0 Å². The molecule has 2 bridgehead atoms. The van der Waals surface area contributed by atoms with E-state index in [0.717, 1.165) is 44.9 Å². The first-order valence-corrected chi connectivity index (χ1v) is 15.9. The van der Waals surface area contributed by atoms with Crippen molar-refractivity contribution in [1.82, 2.24) is 10.2 Å². The lowest BCUT2D eigenvalue weighted by Crippen LogP contribution is -2.58. The first-order valence-electron chi connectivity index (χ1n) is 15.1. The van der Waals surface area contributed by atoms with Gasteiger partial charge in [-0.2, -0.15) is 0 Å². The summed E-state index contributed by atoms with van der Waals surface area (Å²) in [7, 11) is 0. The van der Waals surface area contributed by atoms with E-state index in [0.29, 0.717) is 34.1 Å². The summed E-state index contributed by atoms with van der Waals surface area (Å²) in [5, 5.41) is 7.02. The predicted octanol–water partition coefficient (Wildman–Crippen LogP) is 5.91. The molecule has 0 radical (unpaired) electrons. The quantitative estimate of drug-likeness (QED) is 0.381. The molecular formula is C32H39Cl2N3O4. The van der Waals surface area contributed by atoms with Crippen molar-refractivity contribution in [2.24, 2.45) is 23.7 Å². The van der Waals surface area contributed by atoms with Gasteiger partial charge in [0.25, 0.3) is 0 Å². The molecule has 1 aromatic carbocycles. The van der Waals surface area contributed by atoms with Gasteiger partial charge in [-0.1, -0.05) is 73.7 Å². The Morgan fingerprint density at radius 2 is 1.85 bits per heavy atom. The Morgan fingerprint density at radius 3 is 2.59 bits per heavy atom. The number of nitrogens with zero attached hydrogens (tertiary/aromatic N) is 1. The maximum atomic E-state index is 14.2. The van der Waals surface area contributed by atoms with Crippen LogP contribution in [0.4, 0.5) is 5.69 Å². The average Bonchev–Trinajstić information content (AvgIpc) is 3.57. The number of amides is 3. The second-order valence-corrected chi connectivity index (χ2v) is 13.5. The zero-order valence-electron chi connectivity index (χ0n) is 23.7. The van der Waals surface area contributed by atoms with E-state index in [1.54, 1.807) is 23.1 Å². The molecule has 2 N–H and O–H groups in total. The van der Waals surface area contributed by atoms with Crippen LogP contribution in [0.15, 0.2) is 42.0 Å². The normalized spacial score (nSPS) is 35.8. The molecule has 9 heteroatoms. The molecule has 5 aliphatic rings. The largest absolute Gasteiger partial charge is 0.359 e. The lowest BCUT2D eigenvalue weighted by Gasteiger charge is -2.38. The van der Waals surface area contributed by atoms with Crippen LogP contribution in [0.3, 0.4) is 0 Å². The van der Waals surface area contributed by atoms with Gasteiger partial charge in [-0.15, -0.1) is 0 Å². The van der Waals surface area contributed by atoms with Crippen LogP contribution < -0.4 is 10.6 Å². The fraction of sp³-hybridized carbons (Fsp3) is 0.594. The molecular weight excluding hydrogens is 561 g/mol. The highest BCUT2D eigenvalue weighted by atomic mass is 35.5. The summed E-state index contributed by atoms with van der Waals surface area (Å²) in [5.74, 6) is -1.41. The fourth-order valence-electron chi connectivity index (χ4n) is 7.80. The molecule has 1 saturated carbocycles. The van der Waals surface area contributed by atoms with Crippen molar-refractivity contribution in [3.63, 3.8) is 0 Å². The van der Waals surface area contributed by atoms with Gasteiger partial charge in [0.2, 0.25) is 17.7 Å². The van der Waals surface area contributed by atoms with E-state index in [1.165, 1.54) is 12.0 Å². The van der Waals surface area contributed by atoms with E-state index in [4.69, 9.17) is 27.9 Å². The number of halogens is 2. The molecule has 41 heavy (non-hydrogen) atoms. The van der Waals surface area contributed by atoms with Gasteiger partial charge in [-0.3, -0.25) is 14.4 Å². The van der Waals surface area contributed by atoms with Crippen LogP contribution >= 0.6 is 23.2 Å². The Balaban J connectivity index is 1.29. The zero-order valence-corrected chi connectivity index (χ0v) is 25.2. The summed E-state index contributed by atoms with van der Waals surface area (Å²) >= 11 is 12.3. The molecule has 3 heterocycles. The fourth-order valence-corrected chi connectivity index (χ4v) is 8.33. The van der Waals surface area contributed by atoms with Crippen molar-refractivity contribution in [2.75, 3.05) is 11.9 Å². The van der Waals surface area contributed by atoms with Crippen LogP contribution in [-0.2, 0) is 19.1 Å². The number of fused-ring (bicyclic) bond motifs is 1. The number of carbonyl (C=O) groups is 3. The van der Waals surface area contributed by atoms with Gasteiger partial charge in [-0.25, -0.2) is 0 Å². The number of benzene rings is 1. The number of likely N-dealkylation sites (tertiary alicyclic amines) is 1. The molecule has 1 aromatic rings. The number of hydrogen-bond acceptors (Lipinski definition) is 4. The Kier molecular flexibility index (Phi) is 7.98. The third-order valence-corrected chi connectivity index (χ3v) is 10.6. The van der Waals surface area contributed by atoms with Gasteiger partial charge >= 0.3 is 0 Å². The molecule has 220 valence electrons. The van der Waals surface area contributed by atoms with Gasteiger partial charge < -0.3 is 20.3 Å². The SMILES string of the molecule is CC1CCCC(NC(=O)C2N(CCC3=CCCCC3)C(=O)[C@@H]3C(C(=O)Nc4cc(Cl)cc(Cl)c4)[C@@H]4C=CC23O4)C1C. The maximum Gasteiger partial charge on any atom is 0.246 e. The number of rotatable bonds is 7. The molecule has 6 unspecified atom stereocenters. The summed E-state index contributed by atoms with van der Waals surface area (Å²) < 4.78 is 6.50. The molecule has 2 aliphatic carbocycles. The van der Waals surface area contributed by atoms with Crippen molar-refractivity contribution >= 4 is 46.6 Å². The van der Waals surface area contributed by atoms with Gasteiger partial charge in [0.05, 0.1) is 17.9 Å². The predicted molar refractivity (Wildman–Crippen MR) is 160 cm³/mol. The van der Waals surface area contributed by atoms with Gasteiger partial charge in [-0.05, 0) is 68.6 Å². The van der Waals surface area contributed by atoms with E-state index in [1.807, 2.05) is 12.2 Å². The van der Waals surface area contributed by atoms with Crippen LogP contribution in [0.2, 0.25) is 10.0 Å². The Hall–Kier alpha value is -2.35. The molecule has 7 nitrogen and oxygen atoms in total. The third-order valence-electron chi connectivity index (χ3n) is 10.1. The van der Waals surface area contributed by atoms with E-state index >= 15 is 0 Å². The lowest BCUT2D eigenvalue weighted by atomic mass is 9.73. The van der Waals surface area contributed by atoms with E-state index in [-0.39, 0.29) is 23.8 Å². The second kappa shape index (κ2) is 11.4. The Morgan fingerprint density at radius 1 is 1.07 bits per heavy atom. The molecule has 6 rings (SSSR count). The first-order chi connectivity index (χ1) is 19.7. The summed E-state index contributed by atoms with van der Waals surface area (Å²) in [6, 6.07) is 4.05. The highest BCUT2D eigenvalue weighted by Gasteiger charge is 2.72. The molecule has 3 fully saturated rings. The topological polar surface area (TPSA) is 87.7 Å².